The van der Waals surface area contributed by atoms with Crippen LogP contribution < -0.4 is 0 Å². The van der Waals surface area contributed by atoms with Crippen LogP contribution in [0.15, 0.2) is 11.3 Å². The quantitative estimate of drug-likeness (QED) is 0.666. The van der Waals surface area contributed by atoms with E-state index in [0.29, 0.717) is 11.7 Å². The Kier molecular flexibility index (Phi) is 4.97. The van der Waals surface area contributed by atoms with E-state index in [4.69, 9.17) is 0 Å². The van der Waals surface area contributed by atoms with E-state index < -0.39 is 8.07 Å². The molecule has 0 aromatic rings. The number of rotatable bonds is 4. The van der Waals surface area contributed by atoms with Crippen LogP contribution in [0, 0.1) is 5.92 Å². The fourth-order valence-electron chi connectivity index (χ4n) is 2.58. The van der Waals surface area contributed by atoms with E-state index in [1.54, 1.807) is 5.57 Å². The molecular weight excluding hydrogens is 212 g/mol. The molecule has 1 saturated carbocycles. The molecule has 1 aliphatic rings. The van der Waals surface area contributed by atoms with Gasteiger partial charge in [0.2, 0.25) is 0 Å². The number of carbonyl (C=O) groups is 1. The third-order valence-electron chi connectivity index (χ3n) is 3.16. The topological polar surface area (TPSA) is 17.1 Å². The van der Waals surface area contributed by atoms with Gasteiger partial charge in [0.15, 0.2) is 0 Å². The lowest BCUT2D eigenvalue weighted by molar-refractivity contribution is -0.121. The summed E-state index contributed by atoms with van der Waals surface area (Å²) in [5.74, 6) is 1.06. The molecule has 0 aliphatic heterocycles. The van der Waals surface area contributed by atoms with Crippen LogP contribution in [-0.4, -0.2) is 13.9 Å². The van der Waals surface area contributed by atoms with E-state index in [1.165, 1.54) is 19.3 Å². The molecule has 16 heavy (non-hydrogen) atoms. The predicted molar refractivity (Wildman–Crippen MR) is 73.3 cm³/mol. The standard InChI is InChI=1S/C14H26OSi/c1-5-7-13(11-16(2,3)4)12-8-6-9-14(15)10-12/h11-12H,5-10H2,1-4H3/b13-11+. The molecule has 1 nitrogen and oxygen atoms in total. The van der Waals surface area contributed by atoms with Crippen LogP contribution in [0.5, 0.6) is 0 Å². The summed E-state index contributed by atoms with van der Waals surface area (Å²) in [6.07, 6.45) is 6.39. The fraction of sp³-hybridized carbons (Fsp3) is 0.786. The van der Waals surface area contributed by atoms with Crippen LogP contribution in [0.3, 0.4) is 0 Å². The summed E-state index contributed by atoms with van der Waals surface area (Å²) in [4.78, 5) is 11.5. The molecule has 0 aromatic carbocycles. The summed E-state index contributed by atoms with van der Waals surface area (Å²) in [5.41, 5.74) is 4.13. The SMILES string of the molecule is CCC/C(=C\[Si](C)(C)C)C1CCCC(=O)C1. The van der Waals surface area contributed by atoms with Crippen LogP contribution in [0.25, 0.3) is 0 Å². The minimum absolute atomic E-state index is 0.480. The minimum Gasteiger partial charge on any atom is -0.300 e. The molecule has 0 N–H and O–H groups in total. The molecule has 1 rings (SSSR count). The van der Waals surface area contributed by atoms with Gasteiger partial charge in [0, 0.05) is 12.8 Å². The van der Waals surface area contributed by atoms with Gasteiger partial charge in [-0.25, -0.2) is 0 Å². The molecule has 0 radical (unpaired) electrons. The van der Waals surface area contributed by atoms with Gasteiger partial charge in [-0.3, -0.25) is 4.79 Å². The fourth-order valence-corrected chi connectivity index (χ4v) is 4.07. The second kappa shape index (κ2) is 5.81. The van der Waals surface area contributed by atoms with Crippen molar-refractivity contribution in [3.8, 4) is 0 Å². The van der Waals surface area contributed by atoms with Crippen molar-refractivity contribution >= 4 is 13.9 Å². The van der Waals surface area contributed by atoms with Gasteiger partial charge in [0.1, 0.15) is 5.78 Å². The molecular formula is C14H26OSi. The normalized spacial score (nSPS) is 23.6. The van der Waals surface area contributed by atoms with E-state index in [-0.39, 0.29) is 0 Å². The van der Waals surface area contributed by atoms with Crippen molar-refractivity contribution in [2.45, 2.75) is 65.1 Å². The lowest BCUT2D eigenvalue weighted by Gasteiger charge is -2.26. The van der Waals surface area contributed by atoms with E-state index in [0.717, 1.165) is 19.3 Å². The van der Waals surface area contributed by atoms with E-state index in [1.807, 2.05) is 0 Å². The van der Waals surface area contributed by atoms with Gasteiger partial charge < -0.3 is 0 Å². The Hall–Kier alpha value is -0.373. The van der Waals surface area contributed by atoms with Crippen LogP contribution in [0.4, 0.5) is 0 Å². The van der Waals surface area contributed by atoms with Gasteiger partial charge in [-0.1, -0.05) is 44.3 Å². The summed E-state index contributed by atoms with van der Waals surface area (Å²) < 4.78 is 0. The molecule has 2 heteroatoms. The average Bonchev–Trinajstić information content (AvgIpc) is 2.15. The van der Waals surface area contributed by atoms with Gasteiger partial charge in [-0.15, -0.1) is 0 Å². The number of Topliss-reactive ketones (excluding diaryl/α,β-unsaturated/α-hetero) is 1. The lowest BCUT2D eigenvalue weighted by Crippen LogP contribution is -2.22. The third kappa shape index (κ3) is 4.65. The number of allylic oxidation sites excluding steroid dienone is 1. The zero-order valence-electron chi connectivity index (χ0n) is 11.3. The van der Waals surface area contributed by atoms with Crippen molar-refractivity contribution in [2.75, 3.05) is 0 Å². The van der Waals surface area contributed by atoms with Crippen LogP contribution >= 0.6 is 0 Å². The summed E-state index contributed by atoms with van der Waals surface area (Å²) in [7, 11) is -1.14. The summed E-state index contributed by atoms with van der Waals surface area (Å²) in [6.45, 7) is 9.39. The van der Waals surface area contributed by atoms with E-state index in [9.17, 15) is 4.79 Å². The van der Waals surface area contributed by atoms with Crippen LogP contribution in [0.2, 0.25) is 19.6 Å². The summed E-state index contributed by atoms with van der Waals surface area (Å²) >= 11 is 0. The second-order valence-electron chi connectivity index (χ2n) is 6.17. The second-order valence-corrected chi connectivity index (χ2v) is 11.2. The van der Waals surface area contributed by atoms with Gasteiger partial charge >= 0.3 is 0 Å². The zero-order valence-corrected chi connectivity index (χ0v) is 12.3. The third-order valence-corrected chi connectivity index (χ3v) is 4.40. The van der Waals surface area contributed by atoms with Gasteiger partial charge in [0.25, 0.3) is 0 Å². The molecule has 0 bridgehead atoms. The number of hydrogen-bond acceptors (Lipinski definition) is 1. The molecule has 0 amide bonds. The Morgan fingerprint density at radius 2 is 2.12 bits per heavy atom. The van der Waals surface area contributed by atoms with Crippen molar-refractivity contribution in [1.29, 1.82) is 0 Å². The Morgan fingerprint density at radius 1 is 1.44 bits per heavy atom. The highest BCUT2D eigenvalue weighted by Crippen LogP contribution is 2.31. The molecule has 1 aliphatic carbocycles. The Labute approximate surface area is 101 Å². The van der Waals surface area contributed by atoms with Crippen LogP contribution in [0.1, 0.15) is 45.4 Å². The highest BCUT2D eigenvalue weighted by Gasteiger charge is 2.23. The molecule has 0 spiro atoms. The first kappa shape index (κ1) is 13.7. The number of ketones is 1. The molecule has 1 atom stereocenters. The van der Waals surface area contributed by atoms with Crippen molar-refractivity contribution in [3.63, 3.8) is 0 Å². The Balaban J connectivity index is 2.76. The first-order valence-corrected chi connectivity index (χ1v) is 10.2. The van der Waals surface area contributed by atoms with E-state index >= 15 is 0 Å². The van der Waals surface area contributed by atoms with Gasteiger partial charge in [-0.2, -0.15) is 0 Å². The Morgan fingerprint density at radius 3 is 2.62 bits per heavy atom. The zero-order chi connectivity index (χ0) is 12.2. The molecule has 92 valence electrons. The van der Waals surface area contributed by atoms with Crippen molar-refractivity contribution in [2.24, 2.45) is 5.92 Å². The smallest absolute Gasteiger partial charge is 0.133 e. The molecule has 1 unspecified atom stereocenters. The Bertz CT molecular complexity index is 273. The van der Waals surface area contributed by atoms with Crippen molar-refractivity contribution in [1.82, 2.24) is 0 Å². The van der Waals surface area contributed by atoms with Crippen molar-refractivity contribution in [3.05, 3.63) is 11.3 Å². The van der Waals surface area contributed by atoms with Gasteiger partial charge in [0.05, 0.1) is 8.07 Å². The maximum absolute atomic E-state index is 11.5. The molecule has 0 saturated heterocycles. The number of carbonyl (C=O) groups excluding carboxylic acids is 1. The van der Waals surface area contributed by atoms with Gasteiger partial charge in [-0.05, 0) is 25.2 Å². The van der Waals surface area contributed by atoms with Crippen molar-refractivity contribution < 1.29 is 4.79 Å². The molecule has 1 fully saturated rings. The maximum atomic E-state index is 11.5. The molecule has 0 aromatic heterocycles. The van der Waals surface area contributed by atoms with E-state index in [2.05, 4.69) is 32.3 Å². The average molecular weight is 238 g/mol. The first-order chi connectivity index (χ1) is 7.42. The summed E-state index contributed by atoms with van der Waals surface area (Å²) in [5, 5.41) is 0. The maximum Gasteiger partial charge on any atom is 0.133 e. The predicted octanol–water partition coefficient (Wildman–Crippen LogP) is 4.35. The minimum atomic E-state index is -1.14. The largest absolute Gasteiger partial charge is 0.300 e. The highest BCUT2D eigenvalue weighted by molar-refractivity contribution is 6.81. The monoisotopic (exact) mass is 238 g/mol. The summed E-state index contributed by atoms with van der Waals surface area (Å²) in [6, 6.07) is 0. The first-order valence-electron chi connectivity index (χ1n) is 6.65. The van der Waals surface area contributed by atoms with Crippen LogP contribution in [-0.2, 0) is 4.79 Å². The molecule has 0 heterocycles. The highest BCUT2D eigenvalue weighted by atomic mass is 28.3. The lowest BCUT2D eigenvalue weighted by atomic mass is 9.82. The number of hydrogen-bond donors (Lipinski definition) is 0.